The van der Waals surface area contributed by atoms with Crippen molar-refractivity contribution in [2.45, 2.75) is 26.4 Å². The van der Waals surface area contributed by atoms with Gasteiger partial charge in [-0.25, -0.2) is 9.97 Å². The number of rotatable bonds is 11. The normalized spacial score (nSPS) is 11.1. The molecule has 39 heavy (non-hydrogen) atoms. The zero-order valence-electron chi connectivity index (χ0n) is 20.9. The molecule has 206 valence electrons. The van der Waals surface area contributed by atoms with Crippen LogP contribution >= 0.6 is 0 Å². The van der Waals surface area contributed by atoms with Crippen LogP contribution in [0.5, 0.6) is 0 Å². The van der Waals surface area contributed by atoms with Crippen LogP contribution in [0.1, 0.15) is 13.3 Å². The van der Waals surface area contributed by atoms with Crippen LogP contribution in [0.15, 0.2) is 22.2 Å². The Bertz CT molecular complexity index is 1540. The van der Waals surface area contributed by atoms with Crippen molar-refractivity contribution in [3.8, 4) is 0 Å². The minimum Gasteiger partial charge on any atom is -0.369 e. The van der Waals surface area contributed by atoms with Crippen molar-refractivity contribution in [2.24, 2.45) is 0 Å². The summed E-state index contributed by atoms with van der Waals surface area (Å²) in [5.74, 6) is -1.10. The highest BCUT2D eigenvalue weighted by atomic mass is 16.2. The monoisotopic (exact) mass is 541 g/mol. The predicted molar refractivity (Wildman–Crippen MR) is 138 cm³/mol. The highest BCUT2D eigenvalue weighted by Gasteiger charge is 2.16. The van der Waals surface area contributed by atoms with E-state index in [1.54, 1.807) is 6.92 Å². The van der Waals surface area contributed by atoms with Crippen molar-refractivity contribution >= 4 is 51.9 Å². The Kier molecular flexibility index (Phi) is 7.82. The van der Waals surface area contributed by atoms with E-state index in [9.17, 15) is 24.0 Å². The van der Waals surface area contributed by atoms with Gasteiger partial charge in [0.1, 0.15) is 13.1 Å². The molecule has 0 atom stereocenters. The molecule has 8 N–H and O–H groups in total. The van der Waals surface area contributed by atoms with E-state index in [1.165, 1.54) is 26.7 Å². The summed E-state index contributed by atoms with van der Waals surface area (Å²) in [6.45, 7) is 2.14. The van der Waals surface area contributed by atoms with Gasteiger partial charge in [0.2, 0.25) is 29.6 Å². The molecule has 0 aromatic carbocycles. The molecule has 4 aromatic rings. The van der Waals surface area contributed by atoms with Gasteiger partial charge < -0.3 is 36.1 Å². The van der Waals surface area contributed by atoms with Crippen LogP contribution in [0.25, 0.3) is 22.3 Å². The first-order valence-corrected chi connectivity index (χ1v) is 11.9. The molecule has 0 saturated heterocycles. The lowest BCUT2D eigenvalue weighted by atomic mass is 10.3. The summed E-state index contributed by atoms with van der Waals surface area (Å²) in [4.78, 5) is 83.1. The molecule has 0 fully saturated rings. The van der Waals surface area contributed by atoms with Crippen molar-refractivity contribution in [1.29, 1.82) is 0 Å². The third kappa shape index (κ3) is 6.17. The Balaban J connectivity index is 1.26. The van der Waals surface area contributed by atoms with Crippen LogP contribution in [0.4, 0.5) is 11.9 Å². The van der Waals surface area contributed by atoms with Crippen molar-refractivity contribution in [3.63, 3.8) is 0 Å². The summed E-state index contributed by atoms with van der Waals surface area (Å²) >= 11 is 0. The fraction of sp³-hybridized carbons (Fsp3) is 0.381. The van der Waals surface area contributed by atoms with E-state index in [-0.39, 0.29) is 97.6 Å². The Hall–Kier alpha value is -5.29. The molecule has 3 amide bonds. The van der Waals surface area contributed by atoms with E-state index in [2.05, 4.69) is 40.5 Å². The van der Waals surface area contributed by atoms with Gasteiger partial charge in [-0.3, -0.25) is 33.9 Å². The maximum absolute atomic E-state index is 12.4. The largest absolute Gasteiger partial charge is 0.369 e. The topological polar surface area (TPSA) is 258 Å². The molecule has 0 saturated carbocycles. The van der Waals surface area contributed by atoms with Gasteiger partial charge in [0.15, 0.2) is 22.3 Å². The number of hydrogen-bond donors (Lipinski definition) is 6. The first kappa shape index (κ1) is 26.8. The van der Waals surface area contributed by atoms with Gasteiger partial charge in [0, 0.05) is 32.6 Å². The maximum Gasteiger partial charge on any atom is 0.280 e. The molecular weight excluding hydrogens is 514 g/mol. The Morgan fingerprint density at radius 2 is 1.28 bits per heavy atom. The third-order valence-corrected chi connectivity index (χ3v) is 5.68. The number of anilines is 2. The molecule has 0 aliphatic carbocycles. The second-order valence-corrected chi connectivity index (χ2v) is 8.43. The molecule has 0 unspecified atom stereocenters. The van der Waals surface area contributed by atoms with E-state index in [0.29, 0.717) is 0 Å². The van der Waals surface area contributed by atoms with E-state index >= 15 is 0 Å². The van der Waals surface area contributed by atoms with Crippen LogP contribution in [0.2, 0.25) is 0 Å². The number of fused-ring (bicyclic) bond motifs is 2. The van der Waals surface area contributed by atoms with Crippen molar-refractivity contribution in [2.75, 3.05) is 37.6 Å². The number of carbonyl (C=O) groups is 3. The number of nitrogens with two attached hydrogens (primary N) is 2. The fourth-order valence-electron chi connectivity index (χ4n) is 3.84. The van der Waals surface area contributed by atoms with Gasteiger partial charge in [0.25, 0.3) is 11.1 Å². The maximum atomic E-state index is 12.4. The molecule has 0 spiro atoms. The van der Waals surface area contributed by atoms with Gasteiger partial charge in [-0.2, -0.15) is 9.97 Å². The molecule has 0 aliphatic rings. The average Bonchev–Trinajstić information content (AvgIpc) is 3.47. The van der Waals surface area contributed by atoms with E-state index in [0.717, 1.165) is 0 Å². The zero-order valence-corrected chi connectivity index (χ0v) is 20.9. The van der Waals surface area contributed by atoms with Crippen LogP contribution in [-0.4, -0.2) is 87.8 Å². The first-order chi connectivity index (χ1) is 18.7. The Morgan fingerprint density at radius 3 is 1.69 bits per heavy atom. The SMILES string of the molecule is CCC(=O)N(CCNC(=O)Cn1cnc2c(=O)[nH]c(N)nc21)CCNC(=O)Cn1cnc2c(=O)[nH]c(N)nc21. The van der Waals surface area contributed by atoms with Gasteiger partial charge in [-0.1, -0.05) is 6.92 Å². The van der Waals surface area contributed by atoms with Gasteiger partial charge in [0.05, 0.1) is 12.7 Å². The quantitative estimate of drug-likeness (QED) is 0.111. The second kappa shape index (κ2) is 11.4. The minimum absolute atomic E-state index is 0.0639. The van der Waals surface area contributed by atoms with Crippen molar-refractivity contribution < 1.29 is 14.4 Å². The standard InChI is InChI=1S/C21H27N13O5/c1-2-13(37)32(5-3-24-11(35)7-33-9-26-14-16(33)28-20(22)30-18(14)38)6-4-25-12(36)8-34-10-27-15-17(34)29-21(23)31-19(15)39/h9-10H,2-8H2,1H3,(H,24,35)(H,25,36)(H3,22,28,30,38)(H3,23,29,31,39). The minimum atomic E-state index is -0.507. The van der Waals surface area contributed by atoms with Gasteiger partial charge in [-0.15, -0.1) is 0 Å². The van der Waals surface area contributed by atoms with Crippen LogP contribution in [0.3, 0.4) is 0 Å². The highest BCUT2D eigenvalue weighted by Crippen LogP contribution is 2.07. The number of carbonyl (C=O) groups excluding carboxylic acids is 3. The summed E-state index contributed by atoms with van der Waals surface area (Å²) in [7, 11) is 0. The number of imidazole rings is 2. The van der Waals surface area contributed by atoms with Gasteiger partial charge in [-0.05, 0) is 0 Å². The number of H-pyrrole nitrogens is 2. The summed E-state index contributed by atoms with van der Waals surface area (Å²) < 4.78 is 2.79. The smallest absolute Gasteiger partial charge is 0.280 e. The van der Waals surface area contributed by atoms with E-state index in [4.69, 9.17) is 11.5 Å². The summed E-state index contributed by atoms with van der Waals surface area (Å²) in [6.07, 6.45) is 2.88. The van der Waals surface area contributed by atoms with E-state index < -0.39 is 11.1 Å². The first-order valence-electron chi connectivity index (χ1n) is 11.9. The number of nitrogens with zero attached hydrogens (tertiary/aromatic N) is 7. The molecule has 4 aromatic heterocycles. The lowest BCUT2D eigenvalue weighted by Gasteiger charge is -2.22. The molecule has 0 aliphatic heterocycles. The molecule has 0 bridgehead atoms. The fourth-order valence-corrected chi connectivity index (χ4v) is 3.84. The number of aromatic amines is 2. The number of nitrogen functional groups attached to an aromatic ring is 2. The lowest BCUT2D eigenvalue weighted by molar-refractivity contribution is -0.131. The molecule has 18 nitrogen and oxygen atoms in total. The van der Waals surface area contributed by atoms with Crippen molar-refractivity contribution in [1.82, 2.24) is 54.6 Å². The highest BCUT2D eigenvalue weighted by molar-refractivity contribution is 5.80. The summed E-state index contributed by atoms with van der Waals surface area (Å²) in [5.41, 5.74) is 10.6. The predicted octanol–water partition coefficient (Wildman–Crippen LogP) is -3.11. The Morgan fingerprint density at radius 1 is 0.846 bits per heavy atom. The van der Waals surface area contributed by atoms with Crippen LogP contribution in [0, 0.1) is 0 Å². The molecule has 4 rings (SSSR count). The van der Waals surface area contributed by atoms with Gasteiger partial charge >= 0.3 is 0 Å². The molecular formula is C21H27N13O5. The number of aromatic nitrogens is 8. The molecule has 0 radical (unpaired) electrons. The average molecular weight is 542 g/mol. The number of nitrogens with one attached hydrogen (secondary N) is 4. The second-order valence-electron chi connectivity index (χ2n) is 8.43. The van der Waals surface area contributed by atoms with Crippen LogP contribution in [-0.2, 0) is 27.5 Å². The lowest BCUT2D eigenvalue weighted by Crippen LogP contribution is -2.43. The van der Waals surface area contributed by atoms with Crippen LogP contribution < -0.4 is 33.2 Å². The number of hydrogen-bond acceptors (Lipinski definition) is 11. The number of amides is 3. The van der Waals surface area contributed by atoms with E-state index in [1.807, 2.05) is 0 Å². The molecule has 18 heteroatoms. The summed E-state index contributed by atoms with van der Waals surface area (Å²) in [6, 6.07) is 0. The summed E-state index contributed by atoms with van der Waals surface area (Å²) in [5, 5.41) is 5.42. The zero-order chi connectivity index (χ0) is 28.1. The van der Waals surface area contributed by atoms with Crippen molar-refractivity contribution in [3.05, 3.63) is 33.4 Å². The molecule has 4 heterocycles. The third-order valence-electron chi connectivity index (χ3n) is 5.68. The Labute approximate surface area is 218 Å².